The normalized spacial score (nSPS) is 24.1. The zero-order valence-electron chi connectivity index (χ0n) is 11.9. The van der Waals surface area contributed by atoms with Crippen LogP contribution in [-0.2, 0) is 4.79 Å². The number of aryl methyl sites for hydroxylation is 1. The van der Waals surface area contributed by atoms with E-state index in [1.807, 2.05) is 11.0 Å². The van der Waals surface area contributed by atoms with Crippen LogP contribution in [0.15, 0.2) is 6.07 Å². The van der Waals surface area contributed by atoms with Crippen molar-refractivity contribution in [2.45, 2.75) is 25.3 Å². The Balaban J connectivity index is 1.93. The van der Waals surface area contributed by atoms with Crippen molar-refractivity contribution >= 4 is 29.4 Å². The first-order valence-corrected chi connectivity index (χ1v) is 7.29. The molecule has 22 heavy (non-hydrogen) atoms. The van der Waals surface area contributed by atoms with Crippen LogP contribution in [0.4, 0.5) is 10.6 Å². The highest BCUT2D eigenvalue weighted by molar-refractivity contribution is 6.33. The van der Waals surface area contributed by atoms with Gasteiger partial charge in [0.15, 0.2) is 0 Å². The number of halogens is 1. The van der Waals surface area contributed by atoms with E-state index in [4.69, 9.17) is 16.9 Å². The van der Waals surface area contributed by atoms with Gasteiger partial charge in [0.05, 0.1) is 22.8 Å². The van der Waals surface area contributed by atoms with Gasteiger partial charge in [-0.05, 0) is 25.8 Å². The second-order valence-electron chi connectivity index (χ2n) is 5.55. The second kappa shape index (κ2) is 5.14. The number of piperidine rings is 1. The molecule has 8 heteroatoms. The summed E-state index contributed by atoms with van der Waals surface area (Å²) in [6.45, 7) is 2.73. The van der Waals surface area contributed by atoms with Crippen LogP contribution in [-0.4, -0.2) is 35.6 Å². The molecule has 2 saturated heterocycles. The maximum atomic E-state index is 12.1. The van der Waals surface area contributed by atoms with E-state index in [2.05, 4.69) is 15.6 Å². The summed E-state index contributed by atoms with van der Waals surface area (Å²) in [5.74, 6) is 0.217. The number of nitriles is 1. The van der Waals surface area contributed by atoms with Crippen LogP contribution in [0, 0.1) is 18.3 Å². The smallest absolute Gasteiger partial charge is 0.322 e. The number of carbonyl (C=O) groups is 2. The number of urea groups is 1. The molecule has 0 aromatic carbocycles. The molecule has 0 radical (unpaired) electrons. The molecule has 114 valence electrons. The summed E-state index contributed by atoms with van der Waals surface area (Å²) in [7, 11) is 0. The molecule has 0 saturated carbocycles. The molecule has 2 N–H and O–H groups in total. The van der Waals surface area contributed by atoms with Crippen molar-refractivity contribution in [2.75, 3.05) is 18.0 Å². The van der Waals surface area contributed by atoms with E-state index in [9.17, 15) is 9.59 Å². The predicted octanol–water partition coefficient (Wildman–Crippen LogP) is 1.09. The molecule has 3 amide bonds. The lowest BCUT2D eigenvalue weighted by atomic mass is 9.89. The Bertz CT molecular complexity index is 714. The Morgan fingerprint density at radius 3 is 2.91 bits per heavy atom. The molecule has 1 aromatic heterocycles. The maximum absolute atomic E-state index is 12.1. The van der Waals surface area contributed by atoms with Gasteiger partial charge in [0.2, 0.25) is 0 Å². The number of anilines is 1. The molecule has 1 aromatic rings. The highest BCUT2D eigenvalue weighted by Crippen LogP contribution is 2.32. The average Bonchev–Trinajstić information content (AvgIpc) is 2.74. The molecule has 3 heterocycles. The van der Waals surface area contributed by atoms with Crippen LogP contribution >= 0.6 is 11.6 Å². The topological polar surface area (TPSA) is 98.1 Å². The maximum Gasteiger partial charge on any atom is 0.322 e. The van der Waals surface area contributed by atoms with Gasteiger partial charge < -0.3 is 10.2 Å². The quantitative estimate of drug-likeness (QED) is 0.755. The van der Waals surface area contributed by atoms with Crippen molar-refractivity contribution < 1.29 is 9.59 Å². The van der Waals surface area contributed by atoms with Gasteiger partial charge in [0.1, 0.15) is 17.4 Å². The number of amides is 3. The fourth-order valence-corrected chi connectivity index (χ4v) is 3.23. The van der Waals surface area contributed by atoms with Gasteiger partial charge in [-0.1, -0.05) is 11.6 Å². The molecular formula is C14H14ClN5O2. The zero-order valence-corrected chi connectivity index (χ0v) is 12.7. The number of aromatic nitrogens is 1. The van der Waals surface area contributed by atoms with Gasteiger partial charge >= 0.3 is 6.03 Å². The fraction of sp³-hybridized carbons (Fsp3) is 0.429. The number of hydrogen-bond donors (Lipinski definition) is 2. The predicted molar refractivity (Wildman–Crippen MR) is 79.6 cm³/mol. The molecule has 0 bridgehead atoms. The van der Waals surface area contributed by atoms with Gasteiger partial charge in [0, 0.05) is 6.54 Å². The molecule has 3 rings (SSSR count). The van der Waals surface area contributed by atoms with Crippen molar-refractivity contribution in [1.29, 1.82) is 5.26 Å². The number of carbonyl (C=O) groups excluding carboxylic acids is 2. The number of imide groups is 1. The monoisotopic (exact) mass is 319 g/mol. The van der Waals surface area contributed by atoms with Gasteiger partial charge in [-0.2, -0.15) is 5.26 Å². The summed E-state index contributed by atoms with van der Waals surface area (Å²) in [6, 6.07) is 3.15. The Kier molecular flexibility index (Phi) is 3.41. The van der Waals surface area contributed by atoms with E-state index in [0.29, 0.717) is 41.6 Å². The first-order chi connectivity index (χ1) is 10.4. The lowest BCUT2D eigenvalue weighted by Crippen LogP contribution is -2.58. The van der Waals surface area contributed by atoms with Crippen molar-refractivity contribution in [3.05, 3.63) is 22.3 Å². The third-order valence-electron chi connectivity index (χ3n) is 4.07. The zero-order chi connectivity index (χ0) is 15.9. The van der Waals surface area contributed by atoms with Crippen molar-refractivity contribution in [3.63, 3.8) is 0 Å². The summed E-state index contributed by atoms with van der Waals surface area (Å²) < 4.78 is 0. The average molecular weight is 320 g/mol. The first-order valence-electron chi connectivity index (χ1n) is 6.91. The summed E-state index contributed by atoms with van der Waals surface area (Å²) in [5, 5.41) is 14.4. The minimum Gasteiger partial charge on any atom is -0.352 e. The van der Waals surface area contributed by atoms with Crippen LogP contribution in [0.1, 0.15) is 24.1 Å². The van der Waals surface area contributed by atoms with Crippen LogP contribution in [0.25, 0.3) is 0 Å². The molecule has 7 nitrogen and oxygen atoms in total. The Labute approximate surface area is 132 Å². The molecule has 0 unspecified atom stereocenters. The van der Waals surface area contributed by atoms with Gasteiger partial charge in [-0.25, -0.2) is 9.78 Å². The second-order valence-corrected chi connectivity index (χ2v) is 5.96. The molecule has 2 aliphatic heterocycles. The molecule has 1 atom stereocenters. The third-order valence-corrected chi connectivity index (χ3v) is 4.35. The van der Waals surface area contributed by atoms with E-state index < -0.39 is 11.6 Å². The van der Waals surface area contributed by atoms with Crippen LogP contribution in [0.5, 0.6) is 0 Å². The van der Waals surface area contributed by atoms with Crippen molar-refractivity contribution in [1.82, 2.24) is 15.6 Å². The summed E-state index contributed by atoms with van der Waals surface area (Å²) in [6.07, 6.45) is 1.30. The van der Waals surface area contributed by atoms with E-state index in [0.717, 1.165) is 6.42 Å². The van der Waals surface area contributed by atoms with Crippen LogP contribution < -0.4 is 15.5 Å². The summed E-state index contributed by atoms with van der Waals surface area (Å²) in [4.78, 5) is 29.8. The summed E-state index contributed by atoms with van der Waals surface area (Å²) >= 11 is 6.23. The number of rotatable bonds is 1. The van der Waals surface area contributed by atoms with Gasteiger partial charge in [0.25, 0.3) is 5.91 Å². The Morgan fingerprint density at radius 2 is 2.27 bits per heavy atom. The van der Waals surface area contributed by atoms with Gasteiger partial charge in [-0.15, -0.1) is 0 Å². The minimum absolute atomic E-state index is 0.308. The largest absolute Gasteiger partial charge is 0.352 e. The molecule has 2 aliphatic rings. The van der Waals surface area contributed by atoms with Crippen molar-refractivity contribution in [3.8, 4) is 6.07 Å². The van der Waals surface area contributed by atoms with E-state index in [-0.39, 0.29) is 5.91 Å². The standard InChI is InChI=1S/C14H14ClN5O2/c1-8-9(6-16)5-10(15)11(17-8)20-4-2-3-14(7-20)12(21)18-13(22)19-14/h5H,2-4,7H2,1H3,(H2,18,19,21,22)/t14-/m0/s1. The van der Waals surface area contributed by atoms with E-state index in [1.165, 1.54) is 0 Å². The SMILES string of the molecule is Cc1nc(N2CCC[C@@]3(C2)NC(=O)NC3=O)c(Cl)cc1C#N. The van der Waals surface area contributed by atoms with Crippen LogP contribution in [0.3, 0.4) is 0 Å². The lowest BCUT2D eigenvalue weighted by molar-refractivity contribution is -0.124. The molecule has 1 spiro atoms. The Hall–Kier alpha value is -2.33. The van der Waals surface area contributed by atoms with E-state index in [1.54, 1.807) is 13.0 Å². The number of pyridine rings is 1. The van der Waals surface area contributed by atoms with Crippen molar-refractivity contribution in [2.24, 2.45) is 0 Å². The fourth-order valence-electron chi connectivity index (χ4n) is 2.96. The molecule has 2 fully saturated rings. The number of hydrogen-bond acceptors (Lipinski definition) is 5. The number of nitrogens with zero attached hydrogens (tertiary/aromatic N) is 3. The molecular weight excluding hydrogens is 306 g/mol. The number of nitrogens with one attached hydrogen (secondary N) is 2. The van der Waals surface area contributed by atoms with Gasteiger partial charge in [-0.3, -0.25) is 10.1 Å². The first kappa shape index (κ1) is 14.6. The van der Waals surface area contributed by atoms with Crippen LogP contribution in [0.2, 0.25) is 5.02 Å². The summed E-state index contributed by atoms with van der Waals surface area (Å²) in [5.41, 5.74) is 0.0797. The highest BCUT2D eigenvalue weighted by Gasteiger charge is 2.49. The Morgan fingerprint density at radius 1 is 1.50 bits per heavy atom. The highest BCUT2D eigenvalue weighted by atomic mass is 35.5. The minimum atomic E-state index is -0.928. The molecule has 0 aliphatic carbocycles. The van der Waals surface area contributed by atoms with E-state index >= 15 is 0 Å². The third kappa shape index (κ3) is 2.25. The lowest BCUT2D eigenvalue weighted by Gasteiger charge is -2.39.